The van der Waals surface area contributed by atoms with Crippen LogP contribution in [0.15, 0.2) is 194 Å². The third-order valence-corrected chi connectivity index (χ3v) is 15.2. The Balaban J connectivity index is 0.000000203. The highest BCUT2D eigenvalue weighted by atomic mass is 35.5. The standard InChI is InChI=1S/C25H20F5NO2.C19H17F4NO2.C10H12FN.C9H7F3O3.C6H5FO.ClH/c26-19-7-2-1-6-18(19)21-9-5-15-31(21)24(32)23(33-22-10-4-3-8-20(22)27)16-11-13-17(14-12-16)25(28,29)30;20-15-5-2-1-4-14(15)16-6-3-11-24(16)18(26)17(25)12-7-9-13(10-8-12)19(21,22)23;11-9-5-2-1-4-8(9)10-6-3-7-12-10;10-9(11,12)6-3-1-5(2-4-6)7(13)8(14)15;7-5-3-1-2-4-6(5)8;/h1-4,6-8,10-14,21,23H,5,9,15H2;1-2,4-5,7-10,16-17,25H,3,6,11H2;1-2,4-5,10,12H,3,6-7H2;1-4,7,13H,(H,14,15);1-4,8H;1H. The number of aromatic hydroxyl groups is 1. The summed E-state index contributed by atoms with van der Waals surface area (Å²) in [5.41, 5.74) is -0.967. The van der Waals surface area contributed by atoms with Crippen molar-refractivity contribution in [3.63, 3.8) is 0 Å². The number of hydrogen-bond acceptors (Lipinski definition) is 8. The molecule has 26 heteroatoms. The molecule has 3 aliphatic heterocycles. The van der Waals surface area contributed by atoms with Gasteiger partial charge in [0, 0.05) is 41.4 Å². The zero-order chi connectivity index (χ0) is 68.5. The Morgan fingerprint density at radius 2 is 0.811 bits per heavy atom. The number of likely N-dealkylation sites (tertiary alicyclic amines) is 2. The highest BCUT2D eigenvalue weighted by Gasteiger charge is 2.40. The van der Waals surface area contributed by atoms with Gasteiger partial charge in [-0.3, -0.25) is 9.59 Å². The van der Waals surface area contributed by atoms with Gasteiger partial charge in [-0.1, -0.05) is 115 Å². The molecule has 0 aromatic heterocycles. The summed E-state index contributed by atoms with van der Waals surface area (Å²) in [6.07, 6.45) is -13.7. The molecule has 2 amide bonds. The second-order valence-corrected chi connectivity index (χ2v) is 21.5. The van der Waals surface area contributed by atoms with Gasteiger partial charge in [0.05, 0.1) is 28.8 Å². The minimum absolute atomic E-state index is 0. The number of carbonyl (C=O) groups is 3. The van der Waals surface area contributed by atoms with Crippen LogP contribution < -0.4 is 10.1 Å². The van der Waals surface area contributed by atoms with Gasteiger partial charge in [-0.15, -0.1) is 12.4 Å². The molecule has 6 unspecified atom stereocenters. The maximum Gasteiger partial charge on any atom is 0.416 e. The average molecular weight is 1360 g/mol. The average Bonchev–Trinajstić information content (AvgIpc) is 1.78. The molecule has 3 aliphatic rings. The number of benzene rings is 8. The predicted octanol–water partition coefficient (Wildman–Crippen LogP) is 16.7. The van der Waals surface area contributed by atoms with Gasteiger partial charge in [0.15, 0.2) is 35.3 Å². The lowest BCUT2D eigenvalue weighted by Crippen LogP contribution is -2.37. The summed E-state index contributed by atoms with van der Waals surface area (Å²) in [5, 5.41) is 39.5. The van der Waals surface area contributed by atoms with E-state index in [1.54, 1.807) is 48.5 Å². The molecule has 8 aromatic rings. The van der Waals surface area contributed by atoms with E-state index in [9.17, 15) is 81.0 Å². The van der Waals surface area contributed by atoms with Gasteiger partial charge in [-0.25, -0.2) is 26.7 Å². The minimum Gasteiger partial charge on any atom is -0.505 e. The molecular weight excluding hydrogens is 1300 g/mol. The number of nitrogens with zero attached hydrogens (tertiary/aromatic N) is 2. The van der Waals surface area contributed by atoms with E-state index in [1.165, 1.54) is 64.4 Å². The van der Waals surface area contributed by atoms with Crippen molar-refractivity contribution in [1.82, 2.24) is 15.1 Å². The Bertz CT molecular complexity index is 3760. The lowest BCUT2D eigenvalue weighted by Gasteiger charge is -2.30. The lowest BCUT2D eigenvalue weighted by atomic mass is 10.0. The lowest BCUT2D eigenvalue weighted by molar-refractivity contribution is -0.147. The number of rotatable bonds is 11. The molecule has 95 heavy (non-hydrogen) atoms. The normalized spacial score (nSPS) is 16.9. The van der Waals surface area contributed by atoms with Crippen molar-refractivity contribution < 1.29 is 101 Å². The number of carboxylic acid groups (broad SMARTS) is 1. The van der Waals surface area contributed by atoms with Gasteiger partial charge in [0.25, 0.3) is 11.8 Å². The van der Waals surface area contributed by atoms with E-state index >= 15 is 0 Å². The molecule has 0 bridgehead atoms. The molecule has 11 rings (SSSR count). The summed E-state index contributed by atoms with van der Waals surface area (Å²) in [4.78, 5) is 39.4. The minimum atomic E-state index is -4.55. The van der Waals surface area contributed by atoms with Crippen LogP contribution in [0.25, 0.3) is 0 Å². The summed E-state index contributed by atoms with van der Waals surface area (Å²) < 4.78 is 187. The quantitative estimate of drug-likeness (QED) is 0.0795. The number of alkyl halides is 9. The van der Waals surface area contributed by atoms with Crippen molar-refractivity contribution >= 4 is 30.2 Å². The zero-order valence-corrected chi connectivity index (χ0v) is 50.6. The van der Waals surface area contributed by atoms with Gasteiger partial charge < -0.3 is 40.3 Å². The highest BCUT2D eigenvalue weighted by molar-refractivity contribution is 5.85. The fourth-order valence-electron chi connectivity index (χ4n) is 10.4. The number of carbonyl (C=O) groups excluding carboxylic acids is 2. The Kier molecular flexibility index (Phi) is 26.7. The number of para-hydroxylation sites is 2. The summed E-state index contributed by atoms with van der Waals surface area (Å²) in [7, 11) is 0. The highest BCUT2D eigenvalue weighted by Crippen LogP contribution is 2.40. The molecule has 3 fully saturated rings. The predicted molar refractivity (Wildman–Crippen MR) is 324 cm³/mol. The SMILES string of the molecule is Cl.Fc1ccccc1C1CCCN1.O=C(C(O)c1ccc(C(F)(F)F)cc1)N1CCCC1c1ccccc1F.O=C(C(Oc1ccccc1F)c1ccc(C(F)(F)F)cc1)N1CCCC1c1ccccc1F.O=C(O)C(O)c1ccc(C(F)(F)F)cc1.Oc1ccccc1F. The van der Waals surface area contributed by atoms with E-state index in [4.69, 9.17) is 20.1 Å². The smallest absolute Gasteiger partial charge is 0.416 e. The van der Waals surface area contributed by atoms with E-state index in [0.29, 0.717) is 49.9 Å². The molecule has 11 nitrogen and oxygen atoms in total. The molecule has 3 heterocycles. The van der Waals surface area contributed by atoms with E-state index in [0.717, 1.165) is 104 Å². The molecule has 0 spiro atoms. The number of ether oxygens (including phenoxy) is 1. The second kappa shape index (κ2) is 33.9. The Morgan fingerprint density at radius 3 is 1.18 bits per heavy atom. The van der Waals surface area contributed by atoms with Crippen LogP contribution in [0.1, 0.15) is 125 Å². The van der Waals surface area contributed by atoms with Crippen molar-refractivity contribution in [2.45, 2.75) is 93.5 Å². The molecule has 0 radical (unpaired) electrons. The first-order valence-corrected chi connectivity index (χ1v) is 29.1. The van der Waals surface area contributed by atoms with Crippen molar-refractivity contribution in [3.05, 3.63) is 273 Å². The Labute approximate surface area is 542 Å². The van der Waals surface area contributed by atoms with Crippen LogP contribution in [0.3, 0.4) is 0 Å². The van der Waals surface area contributed by atoms with Gasteiger partial charge in [0.1, 0.15) is 17.5 Å². The molecule has 506 valence electrons. The molecule has 3 saturated heterocycles. The first kappa shape index (κ1) is 75.0. The van der Waals surface area contributed by atoms with Crippen molar-refractivity contribution in [2.24, 2.45) is 0 Å². The number of phenolic OH excluding ortho intramolecular Hbond substituents is 1. The van der Waals surface area contributed by atoms with Gasteiger partial charge in [0.2, 0.25) is 6.10 Å². The maximum atomic E-state index is 14.4. The number of aliphatic hydroxyl groups excluding tert-OH is 2. The summed E-state index contributed by atoms with van der Waals surface area (Å²) in [6, 6.07) is 40.6. The maximum absolute atomic E-state index is 14.4. The van der Waals surface area contributed by atoms with Crippen LogP contribution >= 0.6 is 12.4 Å². The zero-order valence-electron chi connectivity index (χ0n) is 49.8. The van der Waals surface area contributed by atoms with Gasteiger partial charge in [-0.2, -0.15) is 39.5 Å². The van der Waals surface area contributed by atoms with E-state index in [-0.39, 0.29) is 52.5 Å². The number of nitrogens with one attached hydrogen (secondary N) is 1. The third-order valence-electron chi connectivity index (χ3n) is 15.2. The second-order valence-electron chi connectivity index (χ2n) is 21.5. The molecule has 8 aromatic carbocycles. The van der Waals surface area contributed by atoms with Crippen molar-refractivity contribution in [2.75, 3.05) is 19.6 Å². The number of halogens is 15. The fourth-order valence-corrected chi connectivity index (χ4v) is 10.4. The topological polar surface area (TPSA) is 160 Å². The number of amides is 2. The number of aliphatic hydroxyl groups is 2. The van der Waals surface area contributed by atoms with E-state index in [2.05, 4.69) is 5.32 Å². The number of hydrogen-bond donors (Lipinski definition) is 5. The summed E-state index contributed by atoms with van der Waals surface area (Å²) in [6.45, 7) is 1.68. The first-order valence-electron chi connectivity index (χ1n) is 29.1. The van der Waals surface area contributed by atoms with E-state index in [1.807, 2.05) is 12.1 Å². The molecule has 0 saturated carbocycles. The number of carboxylic acids is 1. The van der Waals surface area contributed by atoms with Crippen LogP contribution in [-0.2, 0) is 32.9 Å². The van der Waals surface area contributed by atoms with E-state index < -0.39 is 107 Å². The summed E-state index contributed by atoms with van der Waals surface area (Å²) >= 11 is 0. The van der Waals surface area contributed by atoms with Gasteiger partial charge in [-0.05, 0) is 135 Å². The first-order chi connectivity index (χ1) is 44.5. The van der Waals surface area contributed by atoms with Crippen LogP contribution in [0.4, 0.5) is 61.5 Å². The molecule has 6 atom stereocenters. The van der Waals surface area contributed by atoms with Crippen LogP contribution in [-0.4, -0.2) is 67.6 Å². The fraction of sp³-hybridized carbons (Fsp3) is 0.261. The Hall–Kier alpha value is -9.04. The van der Waals surface area contributed by atoms with Crippen LogP contribution in [0.2, 0.25) is 0 Å². The third kappa shape index (κ3) is 20.5. The molecular formula is C69H62ClF14N3O8. The molecule has 5 N–H and O–H groups in total. The van der Waals surface area contributed by atoms with Crippen LogP contribution in [0, 0.1) is 29.1 Å². The number of aliphatic carboxylic acids is 1. The summed E-state index contributed by atoms with van der Waals surface area (Å²) in [5.74, 6) is -5.50. The van der Waals surface area contributed by atoms with Crippen molar-refractivity contribution in [3.8, 4) is 11.5 Å². The largest absolute Gasteiger partial charge is 0.505 e. The van der Waals surface area contributed by atoms with Crippen molar-refractivity contribution in [1.29, 1.82) is 0 Å². The van der Waals surface area contributed by atoms with Crippen LogP contribution in [0.5, 0.6) is 11.5 Å². The monoisotopic (exact) mass is 1360 g/mol. The Morgan fingerprint density at radius 1 is 0.442 bits per heavy atom. The molecule has 0 aliphatic carbocycles. The number of phenols is 1. The van der Waals surface area contributed by atoms with Gasteiger partial charge >= 0.3 is 24.5 Å².